The lowest BCUT2D eigenvalue weighted by Gasteiger charge is -2.11. The number of pyridine rings is 1. The van der Waals surface area contributed by atoms with Crippen LogP contribution in [-0.2, 0) is 0 Å². The standard InChI is InChI=1S/C20H19N3O2S/c1-3-22-17-12-14(10-11-23-17)18-19(25-15-8-6-5-7-9-15)16(13-21)26-20(18)24-4-2/h5-12H,3-4H2,1-2H3,(H,22,23). The van der Waals surface area contributed by atoms with Gasteiger partial charge < -0.3 is 14.8 Å². The van der Waals surface area contributed by atoms with Crippen LogP contribution >= 0.6 is 11.3 Å². The molecule has 1 N–H and O–H groups in total. The third-order valence-corrected chi connectivity index (χ3v) is 4.57. The van der Waals surface area contributed by atoms with E-state index < -0.39 is 0 Å². The van der Waals surface area contributed by atoms with Crippen molar-refractivity contribution in [1.82, 2.24) is 4.98 Å². The van der Waals surface area contributed by atoms with Crippen molar-refractivity contribution < 1.29 is 9.47 Å². The Kier molecular flexibility index (Phi) is 5.72. The Labute approximate surface area is 156 Å². The summed E-state index contributed by atoms with van der Waals surface area (Å²) in [5.41, 5.74) is 1.67. The minimum atomic E-state index is 0.481. The van der Waals surface area contributed by atoms with Crippen LogP contribution in [0.4, 0.5) is 5.82 Å². The van der Waals surface area contributed by atoms with Gasteiger partial charge >= 0.3 is 0 Å². The molecule has 0 fully saturated rings. The first kappa shape index (κ1) is 17.8. The van der Waals surface area contributed by atoms with Crippen LogP contribution in [0.2, 0.25) is 0 Å². The highest BCUT2D eigenvalue weighted by molar-refractivity contribution is 7.15. The molecule has 132 valence electrons. The van der Waals surface area contributed by atoms with Gasteiger partial charge in [0.2, 0.25) is 0 Å². The summed E-state index contributed by atoms with van der Waals surface area (Å²) >= 11 is 1.29. The van der Waals surface area contributed by atoms with E-state index in [-0.39, 0.29) is 0 Å². The number of para-hydroxylation sites is 1. The molecular formula is C20H19N3O2S. The Bertz CT molecular complexity index is 917. The summed E-state index contributed by atoms with van der Waals surface area (Å²) in [5, 5.41) is 13.5. The van der Waals surface area contributed by atoms with Crippen molar-refractivity contribution in [3.8, 4) is 33.8 Å². The summed E-state index contributed by atoms with van der Waals surface area (Å²) in [5.74, 6) is 1.95. The van der Waals surface area contributed by atoms with Crippen molar-refractivity contribution in [2.75, 3.05) is 18.5 Å². The minimum Gasteiger partial charge on any atom is -0.484 e. The van der Waals surface area contributed by atoms with Gasteiger partial charge in [0.1, 0.15) is 17.6 Å². The number of anilines is 1. The molecule has 2 heterocycles. The maximum absolute atomic E-state index is 9.59. The largest absolute Gasteiger partial charge is 0.484 e. The van der Waals surface area contributed by atoms with Crippen LogP contribution in [0.5, 0.6) is 16.6 Å². The third-order valence-electron chi connectivity index (χ3n) is 3.58. The van der Waals surface area contributed by atoms with Crippen molar-refractivity contribution in [1.29, 1.82) is 5.26 Å². The zero-order valence-electron chi connectivity index (χ0n) is 14.7. The highest BCUT2D eigenvalue weighted by atomic mass is 32.1. The van der Waals surface area contributed by atoms with Crippen molar-refractivity contribution in [2.45, 2.75) is 13.8 Å². The van der Waals surface area contributed by atoms with Gasteiger partial charge in [0.25, 0.3) is 0 Å². The smallest absolute Gasteiger partial charge is 0.186 e. The van der Waals surface area contributed by atoms with Crippen LogP contribution in [0.25, 0.3) is 11.1 Å². The molecule has 2 aromatic heterocycles. The van der Waals surface area contributed by atoms with Gasteiger partial charge in [0.05, 0.1) is 12.2 Å². The van der Waals surface area contributed by atoms with Gasteiger partial charge in [-0.25, -0.2) is 4.98 Å². The highest BCUT2D eigenvalue weighted by Crippen LogP contribution is 2.49. The van der Waals surface area contributed by atoms with Crippen molar-refractivity contribution >= 4 is 17.2 Å². The molecular weight excluding hydrogens is 346 g/mol. The van der Waals surface area contributed by atoms with Crippen LogP contribution in [0, 0.1) is 11.3 Å². The molecule has 0 amide bonds. The fraction of sp³-hybridized carbons (Fsp3) is 0.200. The predicted octanol–water partition coefficient (Wildman–Crippen LogP) is 5.30. The molecule has 0 saturated carbocycles. The molecule has 0 aliphatic rings. The van der Waals surface area contributed by atoms with Crippen molar-refractivity contribution in [2.24, 2.45) is 0 Å². The lowest BCUT2D eigenvalue weighted by Crippen LogP contribution is -1.99. The van der Waals surface area contributed by atoms with Crippen LogP contribution in [0.3, 0.4) is 0 Å². The quantitative estimate of drug-likeness (QED) is 0.615. The second-order valence-corrected chi connectivity index (χ2v) is 6.33. The minimum absolute atomic E-state index is 0.481. The number of nitrogens with one attached hydrogen (secondary N) is 1. The number of nitriles is 1. The molecule has 1 aromatic carbocycles. The number of hydrogen-bond acceptors (Lipinski definition) is 6. The molecule has 0 saturated heterocycles. The SMILES string of the molecule is CCNc1cc(-c2c(OCC)sc(C#N)c2Oc2ccccc2)ccn1. The van der Waals surface area contributed by atoms with E-state index in [2.05, 4.69) is 16.4 Å². The van der Waals surface area contributed by atoms with Gasteiger partial charge in [-0.15, -0.1) is 0 Å². The van der Waals surface area contributed by atoms with E-state index in [9.17, 15) is 5.26 Å². The Morgan fingerprint density at radius 3 is 2.69 bits per heavy atom. The fourth-order valence-corrected chi connectivity index (χ4v) is 3.48. The second-order valence-electron chi connectivity index (χ2n) is 5.34. The topological polar surface area (TPSA) is 67.2 Å². The zero-order chi connectivity index (χ0) is 18.4. The number of nitrogens with zero attached hydrogens (tertiary/aromatic N) is 2. The highest BCUT2D eigenvalue weighted by Gasteiger charge is 2.23. The number of thiophene rings is 1. The molecule has 5 nitrogen and oxygen atoms in total. The molecule has 0 atom stereocenters. The summed E-state index contributed by atoms with van der Waals surface area (Å²) in [6.45, 7) is 5.22. The number of rotatable bonds is 7. The van der Waals surface area contributed by atoms with Gasteiger partial charge in [-0.05, 0) is 43.7 Å². The van der Waals surface area contributed by atoms with E-state index in [1.54, 1.807) is 6.20 Å². The number of ether oxygens (including phenoxy) is 2. The lowest BCUT2D eigenvalue weighted by molar-refractivity contribution is 0.350. The molecule has 0 unspecified atom stereocenters. The maximum atomic E-state index is 9.59. The molecule has 0 aliphatic carbocycles. The number of hydrogen-bond donors (Lipinski definition) is 1. The summed E-state index contributed by atoms with van der Waals surface area (Å²) in [6, 6.07) is 15.5. The first-order valence-electron chi connectivity index (χ1n) is 8.39. The summed E-state index contributed by atoms with van der Waals surface area (Å²) in [6.07, 6.45) is 1.74. The molecule has 6 heteroatoms. The Morgan fingerprint density at radius 2 is 2.00 bits per heavy atom. The molecule has 0 spiro atoms. The summed E-state index contributed by atoms with van der Waals surface area (Å²) < 4.78 is 11.9. The maximum Gasteiger partial charge on any atom is 0.186 e. The monoisotopic (exact) mass is 365 g/mol. The molecule has 26 heavy (non-hydrogen) atoms. The number of benzene rings is 1. The molecule has 0 bridgehead atoms. The van der Waals surface area contributed by atoms with Crippen LogP contribution in [0.1, 0.15) is 18.7 Å². The van der Waals surface area contributed by atoms with Gasteiger partial charge in [-0.2, -0.15) is 5.26 Å². The lowest BCUT2D eigenvalue weighted by atomic mass is 10.1. The van der Waals surface area contributed by atoms with Crippen LogP contribution in [0.15, 0.2) is 48.7 Å². The number of aromatic nitrogens is 1. The fourth-order valence-electron chi connectivity index (χ4n) is 2.52. The van der Waals surface area contributed by atoms with Gasteiger partial charge in [-0.3, -0.25) is 0 Å². The Hall–Kier alpha value is -3.04. The third kappa shape index (κ3) is 3.79. The molecule has 3 rings (SSSR count). The first-order chi connectivity index (χ1) is 12.8. The van der Waals surface area contributed by atoms with Crippen LogP contribution in [-0.4, -0.2) is 18.1 Å². The molecule has 0 radical (unpaired) electrons. The van der Waals surface area contributed by atoms with E-state index in [0.717, 1.165) is 23.5 Å². The van der Waals surface area contributed by atoms with E-state index in [1.807, 2.05) is 56.3 Å². The Balaban J connectivity index is 2.13. The van der Waals surface area contributed by atoms with E-state index in [1.165, 1.54) is 11.3 Å². The second kappa shape index (κ2) is 8.37. The average molecular weight is 365 g/mol. The van der Waals surface area contributed by atoms with Crippen LogP contribution < -0.4 is 14.8 Å². The van der Waals surface area contributed by atoms with Gasteiger partial charge in [0.15, 0.2) is 15.7 Å². The molecule has 3 aromatic rings. The van der Waals surface area contributed by atoms with Crippen molar-refractivity contribution in [3.63, 3.8) is 0 Å². The van der Waals surface area contributed by atoms with Crippen molar-refractivity contribution in [3.05, 3.63) is 53.5 Å². The van der Waals surface area contributed by atoms with E-state index >= 15 is 0 Å². The average Bonchev–Trinajstić information content (AvgIpc) is 3.00. The van der Waals surface area contributed by atoms with Gasteiger partial charge in [-0.1, -0.05) is 29.5 Å². The summed E-state index contributed by atoms with van der Waals surface area (Å²) in [7, 11) is 0. The predicted molar refractivity (Wildman–Crippen MR) is 104 cm³/mol. The zero-order valence-corrected chi connectivity index (χ0v) is 15.5. The summed E-state index contributed by atoms with van der Waals surface area (Å²) in [4.78, 5) is 4.80. The molecule has 0 aliphatic heterocycles. The first-order valence-corrected chi connectivity index (χ1v) is 9.21. The normalized spacial score (nSPS) is 10.2. The van der Waals surface area contributed by atoms with Gasteiger partial charge in [0, 0.05) is 12.7 Å². The van der Waals surface area contributed by atoms with E-state index in [0.29, 0.717) is 28.0 Å². The van der Waals surface area contributed by atoms with E-state index in [4.69, 9.17) is 9.47 Å². The Morgan fingerprint density at radius 1 is 1.19 bits per heavy atom.